The van der Waals surface area contributed by atoms with Crippen molar-refractivity contribution in [2.24, 2.45) is 17.3 Å². The topological polar surface area (TPSA) is 83.1 Å². The van der Waals surface area contributed by atoms with Crippen LogP contribution in [0.4, 0.5) is 0 Å². The first kappa shape index (κ1) is 18.9. The number of hydrogen-bond donors (Lipinski definition) is 0. The lowest BCUT2D eigenvalue weighted by molar-refractivity contribution is -0.199. The van der Waals surface area contributed by atoms with Gasteiger partial charge in [-0.1, -0.05) is 11.1 Å². The molecule has 1 saturated carbocycles. The lowest BCUT2D eigenvalue weighted by Crippen LogP contribution is -2.67. The van der Waals surface area contributed by atoms with Crippen LogP contribution in [-0.4, -0.2) is 31.4 Å². The van der Waals surface area contributed by atoms with Crippen LogP contribution in [0.25, 0.3) is 0 Å². The maximum Gasteiger partial charge on any atom is 0.196 e. The van der Waals surface area contributed by atoms with Gasteiger partial charge in [0.15, 0.2) is 14.1 Å². The second-order valence-corrected chi connectivity index (χ2v) is 14.6. The minimum atomic E-state index is -2.02. The van der Waals surface area contributed by atoms with E-state index >= 15 is 0 Å². The van der Waals surface area contributed by atoms with Gasteiger partial charge in [0.05, 0.1) is 18.2 Å². The van der Waals surface area contributed by atoms with Crippen LogP contribution in [-0.2, 0) is 14.0 Å². The highest BCUT2D eigenvalue weighted by Crippen LogP contribution is 2.64. The van der Waals surface area contributed by atoms with E-state index < -0.39 is 24.9 Å². The summed E-state index contributed by atoms with van der Waals surface area (Å²) in [5, 5.41) is 19.3. The summed E-state index contributed by atoms with van der Waals surface area (Å²) in [6.45, 7) is 10.6. The van der Waals surface area contributed by atoms with E-state index in [1.54, 1.807) is 0 Å². The van der Waals surface area contributed by atoms with E-state index in [1.165, 1.54) is 11.1 Å². The van der Waals surface area contributed by atoms with Gasteiger partial charge in [0.1, 0.15) is 16.6 Å². The van der Waals surface area contributed by atoms with Crippen molar-refractivity contribution in [3.63, 3.8) is 0 Å². The Morgan fingerprint density at radius 1 is 1.19 bits per heavy atom. The average Bonchev–Trinajstić information content (AvgIpc) is 3.05. The van der Waals surface area contributed by atoms with Gasteiger partial charge < -0.3 is 9.16 Å². The zero-order valence-corrected chi connectivity index (χ0v) is 17.9. The van der Waals surface area contributed by atoms with E-state index in [2.05, 4.69) is 45.6 Å². The minimum absolute atomic E-state index is 0.0143. The fraction of sp³-hybridized carbons (Fsp3) is 0.762. The molecular formula is C21H28N2O3Si. The first-order chi connectivity index (χ1) is 12.5. The van der Waals surface area contributed by atoms with Crippen molar-refractivity contribution in [3.05, 3.63) is 11.1 Å². The van der Waals surface area contributed by atoms with Gasteiger partial charge in [0, 0.05) is 24.7 Å². The molecule has 5 nitrogen and oxygen atoms in total. The van der Waals surface area contributed by atoms with Crippen molar-refractivity contribution >= 4 is 14.1 Å². The van der Waals surface area contributed by atoms with Crippen LogP contribution in [0.1, 0.15) is 46.0 Å². The van der Waals surface area contributed by atoms with Crippen LogP contribution >= 0.6 is 0 Å². The van der Waals surface area contributed by atoms with E-state index in [0.717, 1.165) is 12.8 Å². The summed E-state index contributed by atoms with van der Waals surface area (Å²) >= 11 is 0. The SMILES string of the molecule is CC1=C(C)C[C@]2(O[Si](C)(C)C)C(=O)[C@@]34CC(C#N)(C#N)C[C@@H]3C[C@H](O4)[C@@H]2C1. The molecule has 0 amide bonds. The van der Waals surface area contributed by atoms with Gasteiger partial charge in [-0.15, -0.1) is 0 Å². The van der Waals surface area contributed by atoms with Gasteiger partial charge in [0.2, 0.25) is 0 Å². The highest BCUT2D eigenvalue weighted by atomic mass is 28.4. The number of hydrogen-bond acceptors (Lipinski definition) is 5. The standard InChI is InChI=1S/C21H28N2O3Si/c1-13-6-16-17-7-15-9-19(11-22,12-23)10-21(15,25-17)18(24)20(16,8-14(13)2)26-27(3,4)5/h15-17H,6-10H2,1-5H3/t15-,16-,17-,20+,21+/m0/s1. The number of fused-ring (bicyclic) bond motifs is 3. The van der Waals surface area contributed by atoms with Crippen LogP contribution < -0.4 is 0 Å². The number of ether oxygens (including phenoxy) is 1. The Morgan fingerprint density at radius 2 is 1.85 bits per heavy atom. The van der Waals surface area contributed by atoms with Gasteiger partial charge in [-0.3, -0.25) is 4.79 Å². The normalized spacial score (nSPS) is 42.3. The van der Waals surface area contributed by atoms with E-state index in [9.17, 15) is 15.3 Å². The van der Waals surface area contributed by atoms with Crippen molar-refractivity contribution in [1.82, 2.24) is 0 Å². The molecule has 2 saturated heterocycles. The lowest BCUT2D eigenvalue weighted by atomic mass is 9.65. The molecule has 0 aromatic rings. The summed E-state index contributed by atoms with van der Waals surface area (Å²) in [7, 11) is -2.02. The molecule has 3 fully saturated rings. The number of carbonyl (C=O) groups excluding carboxylic acids is 1. The number of nitriles is 2. The fourth-order valence-corrected chi connectivity index (χ4v) is 7.52. The zero-order valence-electron chi connectivity index (χ0n) is 16.9. The summed E-state index contributed by atoms with van der Waals surface area (Å²) in [5.74, 6) is -0.00163. The smallest absolute Gasteiger partial charge is 0.196 e. The molecule has 4 rings (SSSR count). The Labute approximate surface area is 162 Å². The monoisotopic (exact) mass is 384 g/mol. The van der Waals surface area contributed by atoms with E-state index in [0.29, 0.717) is 12.8 Å². The lowest BCUT2D eigenvalue weighted by Gasteiger charge is -2.54. The number of Topliss-reactive ketones (excluding diaryl/α,β-unsaturated/α-hetero) is 1. The second-order valence-electron chi connectivity index (χ2n) is 10.1. The predicted octanol–water partition coefficient (Wildman–Crippen LogP) is 3.88. The molecule has 144 valence electrons. The Hall–Kier alpha value is -1.47. The van der Waals surface area contributed by atoms with Crippen LogP contribution in [0.2, 0.25) is 19.6 Å². The van der Waals surface area contributed by atoms with Crippen molar-refractivity contribution < 1.29 is 14.0 Å². The maximum atomic E-state index is 14.1. The summed E-state index contributed by atoms with van der Waals surface area (Å²) in [5.41, 5.74) is -0.419. The maximum absolute atomic E-state index is 14.1. The molecule has 0 unspecified atom stereocenters. The Kier molecular flexibility index (Phi) is 3.87. The Balaban J connectivity index is 1.84. The first-order valence-electron chi connectivity index (χ1n) is 9.91. The first-order valence-corrected chi connectivity index (χ1v) is 13.3. The minimum Gasteiger partial charge on any atom is -0.404 e. The van der Waals surface area contributed by atoms with E-state index in [-0.39, 0.29) is 30.1 Å². The molecule has 2 aliphatic heterocycles. The number of allylic oxidation sites excluding steroid dienone is 1. The molecular weight excluding hydrogens is 356 g/mol. The molecule has 2 aliphatic carbocycles. The third kappa shape index (κ3) is 2.43. The number of nitrogens with zero attached hydrogens (tertiary/aromatic N) is 2. The average molecular weight is 385 g/mol. The third-order valence-electron chi connectivity index (χ3n) is 7.21. The molecule has 0 aromatic carbocycles. The van der Waals surface area contributed by atoms with Crippen LogP contribution in [0.3, 0.4) is 0 Å². The van der Waals surface area contributed by atoms with Gasteiger partial charge >= 0.3 is 0 Å². The summed E-state index contributed by atoms with van der Waals surface area (Å²) in [4.78, 5) is 14.1. The van der Waals surface area contributed by atoms with Crippen molar-refractivity contribution in [2.75, 3.05) is 0 Å². The number of rotatable bonds is 2. The summed E-state index contributed by atoms with van der Waals surface area (Å²) < 4.78 is 13.2. The van der Waals surface area contributed by atoms with Gasteiger partial charge in [-0.25, -0.2) is 0 Å². The summed E-state index contributed by atoms with van der Waals surface area (Å²) in [6, 6.07) is 4.38. The van der Waals surface area contributed by atoms with Crippen LogP contribution in [0, 0.1) is 39.9 Å². The molecule has 1 spiro atoms. The fourth-order valence-electron chi connectivity index (χ4n) is 6.11. The van der Waals surface area contributed by atoms with E-state index in [4.69, 9.17) is 9.16 Å². The highest BCUT2D eigenvalue weighted by molar-refractivity contribution is 6.70. The predicted molar refractivity (Wildman–Crippen MR) is 102 cm³/mol. The highest BCUT2D eigenvalue weighted by Gasteiger charge is 2.74. The molecule has 2 bridgehead atoms. The van der Waals surface area contributed by atoms with Gasteiger partial charge in [0.25, 0.3) is 0 Å². The number of carbonyl (C=O) groups is 1. The van der Waals surface area contributed by atoms with E-state index in [1.807, 2.05) is 0 Å². The molecule has 27 heavy (non-hydrogen) atoms. The van der Waals surface area contributed by atoms with Crippen molar-refractivity contribution in [3.8, 4) is 12.1 Å². The molecule has 0 N–H and O–H groups in total. The molecule has 5 atom stereocenters. The summed E-state index contributed by atoms with van der Waals surface area (Å²) in [6.07, 6.45) is 2.80. The number of ketones is 1. The molecule has 2 heterocycles. The van der Waals surface area contributed by atoms with Crippen LogP contribution in [0.15, 0.2) is 11.1 Å². The Bertz CT molecular complexity index is 816. The molecule has 6 heteroatoms. The Morgan fingerprint density at radius 3 is 2.44 bits per heavy atom. The second kappa shape index (κ2) is 5.53. The quantitative estimate of drug-likeness (QED) is 0.533. The molecule has 4 aliphatic rings. The van der Waals surface area contributed by atoms with Gasteiger partial charge in [-0.2, -0.15) is 10.5 Å². The van der Waals surface area contributed by atoms with Crippen LogP contribution in [0.5, 0.6) is 0 Å². The largest absolute Gasteiger partial charge is 0.404 e. The van der Waals surface area contributed by atoms with Crippen molar-refractivity contribution in [2.45, 2.75) is 82.9 Å². The molecule has 0 aromatic heterocycles. The zero-order chi connectivity index (χ0) is 19.8. The van der Waals surface area contributed by atoms with Gasteiger partial charge in [-0.05, 0) is 52.8 Å². The van der Waals surface area contributed by atoms with Crippen molar-refractivity contribution in [1.29, 1.82) is 10.5 Å². The third-order valence-corrected chi connectivity index (χ3v) is 8.19. The molecule has 0 radical (unpaired) electrons.